The molecule has 3 aromatic carbocycles. The second kappa shape index (κ2) is 7.48. The Morgan fingerprint density at radius 3 is 2.19 bits per heavy atom. The van der Waals surface area contributed by atoms with E-state index in [0.717, 1.165) is 11.1 Å². The van der Waals surface area contributed by atoms with E-state index >= 15 is 0 Å². The molecule has 0 spiro atoms. The van der Waals surface area contributed by atoms with Crippen LogP contribution in [0, 0.1) is 12.7 Å². The van der Waals surface area contributed by atoms with Crippen LogP contribution in [0.1, 0.15) is 11.1 Å². The molecule has 3 rings (SSSR count). The molecule has 0 heterocycles. The fourth-order valence-electron chi connectivity index (χ4n) is 2.64. The van der Waals surface area contributed by atoms with Gasteiger partial charge in [0.1, 0.15) is 10.7 Å². The molecule has 0 unspecified atom stereocenters. The molecule has 0 saturated carbocycles. The van der Waals surface area contributed by atoms with Crippen molar-refractivity contribution in [3.63, 3.8) is 0 Å². The Hall–Kier alpha value is -2.37. The van der Waals surface area contributed by atoms with Gasteiger partial charge in [0.25, 0.3) is 10.0 Å². The number of halogens is 2. The van der Waals surface area contributed by atoms with Crippen LogP contribution in [0.15, 0.2) is 77.7 Å². The van der Waals surface area contributed by atoms with E-state index in [0.29, 0.717) is 5.69 Å². The van der Waals surface area contributed by atoms with Crippen LogP contribution in [-0.4, -0.2) is 8.42 Å². The van der Waals surface area contributed by atoms with Gasteiger partial charge in [0.05, 0.1) is 17.3 Å². The lowest BCUT2D eigenvalue weighted by Crippen LogP contribution is -2.31. The number of nitrogens with zero attached hydrogens (tertiary/aromatic N) is 1. The van der Waals surface area contributed by atoms with Gasteiger partial charge in [-0.05, 0) is 54.4 Å². The first kappa shape index (κ1) is 18.4. The summed E-state index contributed by atoms with van der Waals surface area (Å²) in [6.07, 6.45) is 0. The summed E-state index contributed by atoms with van der Waals surface area (Å²) < 4.78 is 41.2. The van der Waals surface area contributed by atoms with Crippen LogP contribution in [0.3, 0.4) is 0 Å². The summed E-state index contributed by atoms with van der Waals surface area (Å²) in [5.41, 5.74) is 2.19. The van der Waals surface area contributed by atoms with Gasteiger partial charge in [0.15, 0.2) is 0 Å². The lowest BCUT2D eigenvalue weighted by molar-refractivity contribution is 0.590. The lowest BCUT2D eigenvalue weighted by atomic mass is 10.1. The molecule has 0 atom stereocenters. The molecule has 0 amide bonds. The van der Waals surface area contributed by atoms with Crippen LogP contribution in [0.25, 0.3) is 0 Å². The maximum absolute atomic E-state index is 13.3. The minimum atomic E-state index is -3.93. The van der Waals surface area contributed by atoms with Crippen molar-refractivity contribution >= 4 is 27.3 Å². The second-order valence-electron chi connectivity index (χ2n) is 5.85. The van der Waals surface area contributed by atoms with Crippen LogP contribution in [0.4, 0.5) is 10.1 Å². The molecule has 0 saturated heterocycles. The van der Waals surface area contributed by atoms with Gasteiger partial charge < -0.3 is 0 Å². The molecule has 3 aromatic rings. The maximum atomic E-state index is 13.3. The van der Waals surface area contributed by atoms with Crippen molar-refractivity contribution in [3.05, 3.63) is 94.8 Å². The SMILES string of the molecule is Cc1ccccc1CN(c1ccc(F)cc1)S(=O)(=O)c1ccccc1Cl. The van der Waals surface area contributed by atoms with Gasteiger partial charge in [0.2, 0.25) is 0 Å². The van der Waals surface area contributed by atoms with Gasteiger partial charge in [0, 0.05) is 0 Å². The molecule has 3 nitrogen and oxygen atoms in total. The number of rotatable bonds is 5. The molecule has 0 aliphatic heterocycles. The molecular weight excluding hydrogens is 373 g/mol. The number of anilines is 1. The average molecular weight is 390 g/mol. The second-order valence-corrected chi connectivity index (χ2v) is 8.08. The number of sulfonamides is 1. The van der Waals surface area contributed by atoms with Crippen molar-refractivity contribution < 1.29 is 12.8 Å². The van der Waals surface area contributed by atoms with E-state index in [9.17, 15) is 12.8 Å². The third kappa shape index (κ3) is 3.74. The average Bonchev–Trinajstić information content (AvgIpc) is 2.62. The molecule has 0 fully saturated rings. The fourth-order valence-corrected chi connectivity index (χ4v) is 4.58. The van der Waals surface area contributed by atoms with Crippen molar-refractivity contribution in [2.75, 3.05) is 4.31 Å². The van der Waals surface area contributed by atoms with Gasteiger partial charge in [-0.1, -0.05) is 48.0 Å². The Bertz CT molecular complexity index is 1020. The molecule has 0 N–H and O–H groups in total. The third-order valence-electron chi connectivity index (χ3n) is 4.09. The smallest absolute Gasteiger partial charge is 0.262 e. The van der Waals surface area contributed by atoms with Crippen LogP contribution < -0.4 is 4.31 Å². The van der Waals surface area contributed by atoms with Crippen LogP contribution in [-0.2, 0) is 16.6 Å². The van der Waals surface area contributed by atoms with E-state index in [4.69, 9.17) is 11.6 Å². The molecule has 26 heavy (non-hydrogen) atoms. The summed E-state index contributed by atoms with van der Waals surface area (Å²) in [4.78, 5) is 0.0135. The monoisotopic (exact) mass is 389 g/mol. The van der Waals surface area contributed by atoms with E-state index in [1.165, 1.54) is 40.7 Å². The zero-order valence-corrected chi connectivity index (χ0v) is 15.6. The van der Waals surface area contributed by atoms with Crippen molar-refractivity contribution in [2.45, 2.75) is 18.4 Å². The Morgan fingerprint density at radius 1 is 0.923 bits per heavy atom. The molecule has 6 heteroatoms. The van der Waals surface area contributed by atoms with E-state index < -0.39 is 15.8 Å². The van der Waals surface area contributed by atoms with Crippen molar-refractivity contribution in [2.24, 2.45) is 0 Å². The number of hydrogen-bond donors (Lipinski definition) is 0. The van der Waals surface area contributed by atoms with Crippen LogP contribution in [0.2, 0.25) is 5.02 Å². The molecular formula is C20H17ClFNO2S. The Labute approximate surface area is 157 Å². The van der Waals surface area contributed by atoms with Crippen LogP contribution >= 0.6 is 11.6 Å². The van der Waals surface area contributed by atoms with E-state index in [1.54, 1.807) is 12.1 Å². The molecule has 0 bridgehead atoms. The summed E-state index contributed by atoms with van der Waals surface area (Å²) in [5.74, 6) is -0.431. The van der Waals surface area contributed by atoms with Gasteiger partial charge >= 0.3 is 0 Å². The van der Waals surface area contributed by atoms with Crippen molar-refractivity contribution in [3.8, 4) is 0 Å². The molecule has 0 radical (unpaired) electrons. The van der Waals surface area contributed by atoms with E-state index in [1.807, 2.05) is 31.2 Å². The summed E-state index contributed by atoms with van der Waals surface area (Å²) in [5, 5.41) is 0.143. The van der Waals surface area contributed by atoms with Gasteiger partial charge in [-0.3, -0.25) is 4.31 Å². The van der Waals surface area contributed by atoms with E-state index in [-0.39, 0.29) is 16.5 Å². The minimum absolute atomic E-state index is 0.0135. The first-order valence-corrected chi connectivity index (χ1v) is 9.79. The molecule has 0 aliphatic carbocycles. The summed E-state index contributed by atoms with van der Waals surface area (Å²) in [6, 6.07) is 19.2. The highest BCUT2D eigenvalue weighted by Gasteiger charge is 2.27. The Morgan fingerprint density at radius 2 is 1.54 bits per heavy atom. The highest BCUT2D eigenvalue weighted by atomic mass is 35.5. The van der Waals surface area contributed by atoms with E-state index in [2.05, 4.69) is 0 Å². The first-order valence-electron chi connectivity index (χ1n) is 7.97. The zero-order valence-electron chi connectivity index (χ0n) is 14.1. The normalized spacial score (nSPS) is 11.3. The quantitative estimate of drug-likeness (QED) is 0.602. The summed E-state index contributed by atoms with van der Waals surface area (Å²) in [6.45, 7) is 2.03. The van der Waals surface area contributed by atoms with Crippen molar-refractivity contribution in [1.29, 1.82) is 0 Å². The number of benzene rings is 3. The molecule has 134 valence electrons. The Balaban J connectivity index is 2.13. The predicted octanol–water partition coefficient (Wildman–Crippen LogP) is 5.18. The fraction of sp³-hybridized carbons (Fsp3) is 0.100. The molecule has 0 aromatic heterocycles. The largest absolute Gasteiger partial charge is 0.266 e. The minimum Gasteiger partial charge on any atom is -0.262 e. The standard InChI is InChI=1S/C20H17ClFNO2S/c1-15-6-2-3-7-16(15)14-23(18-12-10-17(22)11-13-18)26(24,25)20-9-5-4-8-19(20)21/h2-13H,14H2,1H3. The topological polar surface area (TPSA) is 37.4 Å². The van der Waals surface area contributed by atoms with Crippen molar-refractivity contribution in [1.82, 2.24) is 0 Å². The highest BCUT2D eigenvalue weighted by Crippen LogP contribution is 2.30. The van der Waals surface area contributed by atoms with Gasteiger partial charge in [-0.2, -0.15) is 0 Å². The van der Waals surface area contributed by atoms with Gasteiger partial charge in [-0.25, -0.2) is 12.8 Å². The summed E-state index contributed by atoms with van der Waals surface area (Å²) in [7, 11) is -3.93. The number of hydrogen-bond acceptors (Lipinski definition) is 2. The van der Waals surface area contributed by atoms with Gasteiger partial charge in [-0.15, -0.1) is 0 Å². The third-order valence-corrected chi connectivity index (χ3v) is 6.37. The lowest BCUT2D eigenvalue weighted by Gasteiger charge is -2.26. The number of aryl methyl sites for hydroxylation is 1. The Kier molecular flexibility index (Phi) is 5.30. The highest BCUT2D eigenvalue weighted by molar-refractivity contribution is 7.93. The predicted molar refractivity (Wildman–Crippen MR) is 102 cm³/mol. The molecule has 0 aliphatic rings. The first-order chi connectivity index (χ1) is 12.4. The zero-order chi connectivity index (χ0) is 18.7. The van der Waals surface area contributed by atoms with Crippen LogP contribution in [0.5, 0.6) is 0 Å². The maximum Gasteiger partial charge on any atom is 0.266 e. The summed E-state index contributed by atoms with van der Waals surface area (Å²) >= 11 is 6.13.